The van der Waals surface area contributed by atoms with E-state index in [-0.39, 0.29) is 0 Å². The van der Waals surface area contributed by atoms with Crippen molar-refractivity contribution in [2.45, 2.75) is 25.9 Å². The van der Waals surface area contributed by atoms with Crippen molar-refractivity contribution in [3.8, 4) is 0 Å². The summed E-state index contributed by atoms with van der Waals surface area (Å²) in [6.45, 7) is 1.34. The van der Waals surface area contributed by atoms with Gasteiger partial charge < -0.3 is 9.47 Å². The molecule has 0 saturated heterocycles. The Morgan fingerprint density at radius 2 is 2.11 bits per heavy atom. The van der Waals surface area contributed by atoms with Gasteiger partial charge in [0.25, 0.3) is 0 Å². The molecule has 2 nitrogen and oxygen atoms in total. The lowest BCUT2D eigenvalue weighted by Gasteiger charge is -2.17. The van der Waals surface area contributed by atoms with E-state index in [0.29, 0.717) is 19.1 Å². The number of rotatable bonds is 6. The zero-order chi connectivity index (χ0) is 13.3. The molecule has 1 atom stereocenters. The summed E-state index contributed by atoms with van der Waals surface area (Å²) >= 11 is 0. The van der Waals surface area contributed by atoms with Gasteiger partial charge in [0.2, 0.25) is 0 Å². The predicted octanol–water partition coefficient (Wildman–Crippen LogP) is 4.09. The summed E-state index contributed by atoms with van der Waals surface area (Å²) in [6, 6.07) is 10.3. The molecule has 0 saturated carbocycles. The molecule has 1 aromatic carbocycles. The largest absolute Gasteiger partial charge is 0.501 e. The third-order valence-electron chi connectivity index (χ3n) is 3.33. The van der Waals surface area contributed by atoms with Crippen LogP contribution in [0, 0.1) is 5.92 Å². The van der Waals surface area contributed by atoms with Crippen LogP contribution in [0.2, 0.25) is 0 Å². The highest BCUT2D eigenvalue weighted by Gasteiger charge is 2.10. The number of ether oxygens (including phenoxy) is 2. The molecule has 102 valence electrons. The first kappa shape index (κ1) is 13.9. The molecule has 0 aliphatic heterocycles. The summed E-state index contributed by atoms with van der Waals surface area (Å²) in [7, 11) is 1.75. The third-order valence-corrected chi connectivity index (χ3v) is 3.33. The van der Waals surface area contributed by atoms with E-state index < -0.39 is 0 Å². The zero-order valence-electron chi connectivity index (χ0n) is 11.5. The van der Waals surface area contributed by atoms with Gasteiger partial charge in [0, 0.05) is 6.42 Å². The Labute approximate surface area is 115 Å². The number of allylic oxidation sites excluding steroid dienone is 3. The number of benzene rings is 1. The lowest BCUT2D eigenvalue weighted by Crippen LogP contribution is -2.03. The molecule has 2 rings (SSSR count). The van der Waals surface area contributed by atoms with Gasteiger partial charge in [-0.15, -0.1) is 0 Å². The van der Waals surface area contributed by atoms with Gasteiger partial charge >= 0.3 is 0 Å². The Kier molecular flexibility index (Phi) is 5.70. The summed E-state index contributed by atoms with van der Waals surface area (Å²) in [5, 5.41) is 0. The van der Waals surface area contributed by atoms with E-state index in [9.17, 15) is 0 Å². The Morgan fingerprint density at radius 3 is 2.89 bits per heavy atom. The molecule has 1 aromatic rings. The fourth-order valence-corrected chi connectivity index (χ4v) is 2.29. The number of hydrogen-bond donors (Lipinski definition) is 0. The van der Waals surface area contributed by atoms with E-state index in [2.05, 4.69) is 30.4 Å². The summed E-state index contributed by atoms with van der Waals surface area (Å²) in [4.78, 5) is 0. The minimum absolute atomic E-state index is 0.504. The van der Waals surface area contributed by atoms with Crippen LogP contribution in [-0.4, -0.2) is 13.7 Å². The van der Waals surface area contributed by atoms with Crippen molar-refractivity contribution in [3.05, 3.63) is 59.9 Å². The molecule has 0 radical (unpaired) electrons. The van der Waals surface area contributed by atoms with Gasteiger partial charge in [0.05, 0.1) is 26.1 Å². The van der Waals surface area contributed by atoms with Crippen LogP contribution in [0.1, 0.15) is 24.8 Å². The van der Waals surface area contributed by atoms with E-state index in [0.717, 1.165) is 12.2 Å². The molecule has 0 amide bonds. The minimum atomic E-state index is 0.504. The maximum atomic E-state index is 5.63. The molecule has 0 spiro atoms. The smallest absolute Gasteiger partial charge is 0.0921 e. The van der Waals surface area contributed by atoms with Crippen molar-refractivity contribution in [1.29, 1.82) is 0 Å². The summed E-state index contributed by atoms with van der Waals surface area (Å²) in [5.41, 5.74) is 1.22. The van der Waals surface area contributed by atoms with Gasteiger partial charge in [-0.2, -0.15) is 0 Å². The molecule has 1 unspecified atom stereocenters. The van der Waals surface area contributed by atoms with Crippen molar-refractivity contribution in [3.63, 3.8) is 0 Å². The highest BCUT2D eigenvalue weighted by molar-refractivity contribution is 5.13. The monoisotopic (exact) mass is 258 g/mol. The lowest BCUT2D eigenvalue weighted by atomic mass is 9.94. The van der Waals surface area contributed by atoms with E-state index in [1.54, 1.807) is 7.11 Å². The van der Waals surface area contributed by atoms with Crippen molar-refractivity contribution >= 4 is 0 Å². The number of methoxy groups -OCH3 is 1. The molecule has 1 aliphatic carbocycles. The maximum absolute atomic E-state index is 5.63. The van der Waals surface area contributed by atoms with Gasteiger partial charge in [0.15, 0.2) is 0 Å². The second kappa shape index (κ2) is 7.80. The Balaban J connectivity index is 1.69. The minimum Gasteiger partial charge on any atom is -0.501 e. The molecular weight excluding hydrogens is 236 g/mol. The Bertz CT molecular complexity index is 420. The lowest BCUT2D eigenvalue weighted by molar-refractivity contribution is 0.148. The van der Waals surface area contributed by atoms with Gasteiger partial charge in [-0.1, -0.05) is 42.5 Å². The standard InChI is InChI=1S/C17H22O2/c1-18-17-11-5-9-15(13-17)10-6-12-19-14-16-7-3-2-4-8-16/h2-4,6-8,10,13,15H,5,9,11-12,14H2,1H3/b10-6+. The molecule has 19 heavy (non-hydrogen) atoms. The van der Waals surface area contributed by atoms with Crippen molar-refractivity contribution in [1.82, 2.24) is 0 Å². The van der Waals surface area contributed by atoms with Crippen LogP contribution in [-0.2, 0) is 16.1 Å². The van der Waals surface area contributed by atoms with Crippen LogP contribution in [0.5, 0.6) is 0 Å². The van der Waals surface area contributed by atoms with E-state index in [4.69, 9.17) is 9.47 Å². The first-order chi connectivity index (χ1) is 9.38. The summed E-state index contributed by atoms with van der Waals surface area (Å²) < 4.78 is 10.9. The van der Waals surface area contributed by atoms with Crippen LogP contribution in [0.15, 0.2) is 54.3 Å². The van der Waals surface area contributed by atoms with Gasteiger partial charge in [-0.05, 0) is 30.4 Å². The second-order valence-corrected chi connectivity index (χ2v) is 4.82. The molecule has 0 bridgehead atoms. The Hall–Kier alpha value is -1.54. The van der Waals surface area contributed by atoms with E-state index >= 15 is 0 Å². The average molecular weight is 258 g/mol. The normalized spacial score (nSPS) is 19.4. The van der Waals surface area contributed by atoms with E-state index in [1.165, 1.54) is 18.4 Å². The predicted molar refractivity (Wildman–Crippen MR) is 77.7 cm³/mol. The van der Waals surface area contributed by atoms with Gasteiger partial charge in [0.1, 0.15) is 0 Å². The van der Waals surface area contributed by atoms with Crippen LogP contribution < -0.4 is 0 Å². The van der Waals surface area contributed by atoms with Crippen molar-refractivity contribution in [2.75, 3.05) is 13.7 Å². The Morgan fingerprint density at radius 1 is 1.26 bits per heavy atom. The third kappa shape index (κ3) is 4.92. The zero-order valence-corrected chi connectivity index (χ0v) is 11.5. The molecular formula is C17H22O2. The topological polar surface area (TPSA) is 18.5 Å². The molecule has 2 heteroatoms. The number of hydrogen-bond acceptors (Lipinski definition) is 2. The fourth-order valence-electron chi connectivity index (χ4n) is 2.29. The highest BCUT2D eigenvalue weighted by Crippen LogP contribution is 2.23. The average Bonchev–Trinajstić information content (AvgIpc) is 2.48. The van der Waals surface area contributed by atoms with Crippen molar-refractivity contribution < 1.29 is 9.47 Å². The first-order valence-corrected chi connectivity index (χ1v) is 6.91. The summed E-state index contributed by atoms with van der Waals surface area (Å²) in [6.07, 6.45) is 10.1. The van der Waals surface area contributed by atoms with Crippen LogP contribution in [0.4, 0.5) is 0 Å². The van der Waals surface area contributed by atoms with Crippen LogP contribution >= 0.6 is 0 Å². The van der Waals surface area contributed by atoms with Crippen molar-refractivity contribution in [2.24, 2.45) is 5.92 Å². The van der Waals surface area contributed by atoms with Crippen LogP contribution in [0.25, 0.3) is 0 Å². The van der Waals surface area contributed by atoms with Gasteiger partial charge in [-0.25, -0.2) is 0 Å². The fraction of sp³-hybridized carbons (Fsp3) is 0.412. The second-order valence-electron chi connectivity index (χ2n) is 4.82. The molecule has 0 fully saturated rings. The SMILES string of the molecule is COC1=CC(/C=C/COCc2ccccc2)CCC1. The first-order valence-electron chi connectivity index (χ1n) is 6.91. The maximum Gasteiger partial charge on any atom is 0.0921 e. The van der Waals surface area contributed by atoms with Gasteiger partial charge in [-0.3, -0.25) is 0 Å². The molecule has 0 heterocycles. The quantitative estimate of drug-likeness (QED) is 0.565. The molecule has 1 aliphatic rings. The molecule has 0 aromatic heterocycles. The van der Waals surface area contributed by atoms with E-state index in [1.807, 2.05) is 18.2 Å². The summed E-state index contributed by atoms with van der Waals surface area (Å²) in [5.74, 6) is 1.62. The molecule has 0 N–H and O–H groups in total. The highest BCUT2D eigenvalue weighted by atomic mass is 16.5. The van der Waals surface area contributed by atoms with Crippen LogP contribution in [0.3, 0.4) is 0 Å².